The van der Waals surface area contributed by atoms with Crippen LogP contribution in [-0.4, -0.2) is 36.7 Å². The molecule has 0 heterocycles. The van der Waals surface area contributed by atoms with Crippen LogP contribution in [0.1, 0.15) is 43.5 Å². The Morgan fingerprint density at radius 3 is 2.27 bits per heavy atom. The lowest BCUT2D eigenvalue weighted by Crippen LogP contribution is -2.49. The van der Waals surface area contributed by atoms with Crippen LogP contribution in [0.2, 0.25) is 0 Å². The van der Waals surface area contributed by atoms with Crippen LogP contribution in [0.25, 0.3) is 0 Å². The molecule has 0 bridgehead atoms. The van der Waals surface area contributed by atoms with Gasteiger partial charge in [-0.05, 0) is 31.0 Å². The van der Waals surface area contributed by atoms with Gasteiger partial charge in [0.2, 0.25) is 0 Å². The lowest BCUT2D eigenvalue weighted by Gasteiger charge is -2.31. The van der Waals surface area contributed by atoms with Crippen molar-refractivity contribution in [2.75, 3.05) is 14.2 Å². The SMILES string of the molecule is CCC(CC)(CC(=O)O)NC(=O)c1cc(OC)ccc1OC. The Morgan fingerprint density at radius 1 is 1.18 bits per heavy atom. The summed E-state index contributed by atoms with van der Waals surface area (Å²) in [6, 6.07) is 4.91. The summed E-state index contributed by atoms with van der Waals surface area (Å²) in [6.07, 6.45) is 0.916. The quantitative estimate of drug-likeness (QED) is 0.770. The van der Waals surface area contributed by atoms with Gasteiger partial charge in [0.05, 0.1) is 31.7 Å². The van der Waals surface area contributed by atoms with Gasteiger partial charge in [-0.1, -0.05) is 13.8 Å². The molecule has 0 spiro atoms. The predicted molar refractivity (Wildman–Crippen MR) is 82.6 cm³/mol. The molecule has 1 aromatic rings. The standard InChI is InChI=1S/C16H23NO5/c1-5-16(6-2,10-14(18)19)17-15(20)12-9-11(21-3)7-8-13(12)22-4/h7-9H,5-6,10H2,1-4H3,(H,17,20)(H,18,19). The molecule has 0 radical (unpaired) electrons. The zero-order valence-electron chi connectivity index (χ0n) is 13.4. The second-order valence-corrected chi connectivity index (χ2v) is 5.08. The summed E-state index contributed by atoms with van der Waals surface area (Å²) in [4.78, 5) is 23.6. The Balaban J connectivity index is 3.11. The lowest BCUT2D eigenvalue weighted by molar-refractivity contribution is -0.138. The van der Waals surface area contributed by atoms with Gasteiger partial charge in [0.1, 0.15) is 11.5 Å². The summed E-state index contributed by atoms with van der Waals surface area (Å²) in [5.41, 5.74) is -0.463. The van der Waals surface area contributed by atoms with E-state index in [9.17, 15) is 9.59 Å². The molecule has 122 valence electrons. The molecule has 0 atom stereocenters. The summed E-state index contributed by atoms with van der Waals surface area (Å²) in [6.45, 7) is 3.71. The minimum Gasteiger partial charge on any atom is -0.497 e. The van der Waals surface area contributed by atoms with E-state index in [2.05, 4.69) is 5.32 Å². The first-order valence-corrected chi connectivity index (χ1v) is 7.17. The highest BCUT2D eigenvalue weighted by molar-refractivity contribution is 5.98. The maximum atomic E-state index is 12.6. The number of carboxylic acids is 1. The molecular weight excluding hydrogens is 286 g/mol. The molecule has 0 aliphatic carbocycles. The van der Waals surface area contributed by atoms with E-state index in [1.807, 2.05) is 13.8 Å². The van der Waals surface area contributed by atoms with Crippen LogP contribution >= 0.6 is 0 Å². The smallest absolute Gasteiger partial charge is 0.305 e. The van der Waals surface area contributed by atoms with Crippen LogP contribution in [-0.2, 0) is 4.79 Å². The number of hydrogen-bond acceptors (Lipinski definition) is 4. The van der Waals surface area contributed by atoms with Crippen LogP contribution in [0.4, 0.5) is 0 Å². The van der Waals surface area contributed by atoms with Crippen molar-refractivity contribution in [3.05, 3.63) is 23.8 Å². The number of benzene rings is 1. The maximum Gasteiger partial charge on any atom is 0.305 e. The zero-order valence-corrected chi connectivity index (χ0v) is 13.4. The summed E-state index contributed by atoms with van der Waals surface area (Å²) < 4.78 is 10.3. The minimum absolute atomic E-state index is 0.127. The van der Waals surface area contributed by atoms with Crippen molar-refractivity contribution >= 4 is 11.9 Å². The van der Waals surface area contributed by atoms with Crippen LogP contribution in [0.5, 0.6) is 11.5 Å². The normalized spacial score (nSPS) is 10.9. The number of hydrogen-bond donors (Lipinski definition) is 2. The van der Waals surface area contributed by atoms with Crippen LogP contribution < -0.4 is 14.8 Å². The van der Waals surface area contributed by atoms with Crippen LogP contribution in [0, 0.1) is 0 Å². The molecular formula is C16H23NO5. The van der Waals surface area contributed by atoms with Crippen molar-refractivity contribution in [1.29, 1.82) is 0 Å². The number of aliphatic carboxylic acids is 1. The lowest BCUT2D eigenvalue weighted by atomic mass is 9.88. The third-order valence-electron chi connectivity index (χ3n) is 3.87. The fraction of sp³-hybridized carbons (Fsp3) is 0.500. The van der Waals surface area contributed by atoms with Gasteiger partial charge >= 0.3 is 5.97 Å². The van der Waals surface area contributed by atoms with E-state index < -0.39 is 11.5 Å². The molecule has 0 aliphatic rings. The number of carbonyl (C=O) groups is 2. The van der Waals surface area contributed by atoms with Crippen molar-refractivity contribution in [2.45, 2.75) is 38.6 Å². The van der Waals surface area contributed by atoms with Gasteiger partial charge in [-0.2, -0.15) is 0 Å². The molecule has 6 nitrogen and oxygen atoms in total. The second kappa shape index (κ2) is 7.68. The summed E-state index contributed by atoms with van der Waals surface area (Å²) in [5, 5.41) is 11.9. The zero-order chi connectivity index (χ0) is 16.8. The molecule has 0 aliphatic heterocycles. The highest BCUT2D eigenvalue weighted by Gasteiger charge is 2.32. The summed E-state index contributed by atoms with van der Waals surface area (Å²) >= 11 is 0. The first-order chi connectivity index (χ1) is 10.4. The van der Waals surface area contributed by atoms with E-state index in [1.165, 1.54) is 14.2 Å². The molecule has 2 N–H and O–H groups in total. The molecule has 1 rings (SSSR count). The Labute approximate surface area is 130 Å². The van der Waals surface area contributed by atoms with E-state index in [-0.39, 0.29) is 12.3 Å². The summed E-state index contributed by atoms with van der Waals surface area (Å²) in [5.74, 6) is -0.375. The molecule has 6 heteroatoms. The van der Waals surface area contributed by atoms with Gasteiger partial charge in [0, 0.05) is 0 Å². The topological polar surface area (TPSA) is 84.9 Å². The molecule has 0 unspecified atom stereocenters. The molecule has 22 heavy (non-hydrogen) atoms. The molecule has 1 aromatic carbocycles. The molecule has 0 saturated carbocycles. The number of carbonyl (C=O) groups excluding carboxylic acids is 1. The fourth-order valence-electron chi connectivity index (χ4n) is 2.31. The predicted octanol–water partition coefficient (Wildman–Crippen LogP) is 2.47. The van der Waals surface area contributed by atoms with Gasteiger partial charge in [-0.3, -0.25) is 9.59 Å². The van der Waals surface area contributed by atoms with Crippen molar-refractivity contribution in [3.8, 4) is 11.5 Å². The van der Waals surface area contributed by atoms with E-state index in [4.69, 9.17) is 14.6 Å². The second-order valence-electron chi connectivity index (χ2n) is 5.08. The van der Waals surface area contributed by atoms with Crippen LogP contribution in [0.15, 0.2) is 18.2 Å². The largest absolute Gasteiger partial charge is 0.497 e. The van der Waals surface area contributed by atoms with Gasteiger partial charge in [0.25, 0.3) is 5.91 Å². The van der Waals surface area contributed by atoms with Gasteiger partial charge in [0.15, 0.2) is 0 Å². The van der Waals surface area contributed by atoms with E-state index in [1.54, 1.807) is 18.2 Å². The molecule has 0 fully saturated rings. The van der Waals surface area contributed by atoms with Crippen molar-refractivity contribution in [3.63, 3.8) is 0 Å². The van der Waals surface area contributed by atoms with Crippen molar-refractivity contribution < 1.29 is 24.2 Å². The third-order valence-corrected chi connectivity index (χ3v) is 3.87. The average Bonchev–Trinajstić information content (AvgIpc) is 2.52. The Morgan fingerprint density at radius 2 is 1.82 bits per heavy atom. The minimum atomic E-state index is -0.943. The number of rotatable bonds is 8. The Hall–Kier alpha value is -2.24. The molecule has 0 saturated heterocycles. The van der Waals surface area contributed by atoms with Crippen LogP contribution in [0.3, 0.4) is 0 Å². The maximum absolute atomic E-state index is 12.6. The van der Waals surface area contributed by atoms with Gasteiger partial charge < -0.3 is 19.9 Å². The molecule has 1 amide bonds. The number of carboxylic acid groups (broad SMARTS) is 1. The van der Waals surface area contributed by atoms with Gasteiger partial charge in [-0.15, -0.1) is 0 Å². The van der Waals surface area contributed by atoms with E-state index in [0.29, 0.717) is 29.9 Å². The first-order valence-electron chi connectivity index (χ1n) is 7.17. The monoisotopic (exact) mass is 309 g/mol. The number of amides is 1. The van der Waals surface area contributed by atoms with E-state index in [0.717, 1.165) is 0 Å². The number of ether oxygens (including phenoxy) is 2. The highest BCUT2D eigenvalue weighted by atomic mass is 16.5. The first kappa shape index (κ1) is 17.8. The summed E-state index contributed by atoms with van der Waals surface area (Å²) in [7, 11) is 2.99. The average molecular weight is 309 g/mol. The fourth-order valence-corrected chi connectivity index (χ4v) is 2.31. The Kier molecular flexibility index (Phi) is 6.22. The molecule has 0 aromatic heterocycles. The highest BCUT2D eigenvalue weighted by Crippen LogP contribution is 2.26. The number of methoxy groups -OCH3 is 2. The Bertz CT molecular complexity index is 537. The number of nitrogens with one attached hydrogen (secondary N) is 1. The third kappa shape index (κ3) is 4.13. The van der Waals surface area contributed by atoms with Crippen molar-refractivity contribution in [1.82, 2.24) is 5.32 Å². The van der Waals surface area contributed by atoms with E-state index >= 15 is 0 Å². The van der Waals surface area contributed by atoms with Crippen molar-refractivity contribution in [2.24, 2.45) is 0 Å². The van der Waals surface area contributed by atoms with Gasteiger partial charge in [-0.25, -0.2) is 0 Å².